The minimum atomic E-state index is -0.0507. The number of halogens is 1. The Balaban J connectivity index is 1.38. The summed E-state index contributed by atoms with van der Waals surface area (Å²) in [7, 11) is 0. The quantitative estimate of drug-likeness (QED) is 0.728. The van der Waals surface area contributed by atoms with Crippen LogP contribution in [0.5, 0.6) is 0 Å². The van der Waals surface area contributed by atoms with Gasteiger partial charge in [0.25, 0.3) is 0 Å². The highest BCUT2D eigenvalue weighted by Crippen LogP contribution is 2.26. The number of aromatic nitrogens is 5. The molecule has 4 rings (SSSR count). The molecule has 1 amide bonds. The van der Waals surface area contributed by atoms with E-state index in [2.05, 4.69) is 30.3 Å². The number of nitrogens with zero attached hydrogens (tertiary/aromatic N) is 6. The Hall–Kier alpha value is -3.00. The molecule has 1 aliphatic rings. The summed E-state index contributed by atoms with van der Waals surface area (Å²) >= 11 is 6.22. The molecule has 1 fully saturated rings. The lowest BCUT2D eigenvalue weighted by molar-refractivity contribution is -0.120. The summed E-state index contributed by atoms with van der Waals surface area (Å²) < 4.78 is 1.59. The molecule has 9 heteroatoms. The summed E-state index contributed by atoms with van der Waals surface area (Å²) in [5.41, 5.74) is 1.72. The lowest BCUT2D eigenvalue weighted by Crippen LogP contribution is -2.38. The predicted molar refractivity (Wildman–Crippen MR) is 107 cm³/mol. The Kier molecular flexibility index (Phi) is 5.21. The first-order valence-corrected chi connectivity index (χ1v) is 9.47. The third kappa shape index (κ3) is 3.96. The summed E-state index contributed by atoms with van der Waals surface area (Å²) in [6.07, 6.45) is 6.07. The summed E-state index contributed by atoms with van der Waals surface area (Å²) in [4.78, 5) is 27.3. The molecule has 1 aromatic carbocycles. The van der Waals surface area contributed by atoms with Crippen LogP contribution in [0.2, 0.25) is 5.02 Å². The highest BCUT2D eigenvalue weighted by molar-refractivity contribution is 6.33. The Morgan fingerprint density at radius 1 is 1.14 bits per heavy atom. The van der Waals surface area contributed by atoms with Crippen molar-refractivity contribution in [1.29, 1.82) is 0 Å². The Morgan fingerprint density at radius 2 is 1.93 bits per heavy atom. The summed E-state index contributed by atoms with van der Waals surface area (Å²) in [5, 5.41) is 7.61. The largest absolute Gasteiger partial charge is 0.356 e. The van der Waals surface area contributed by atoms with Crippen LogP contribution in [0, 0.1) is 12.8 Å². The maximum Gasteiger partial charge on any atom is 0.227 e. The van der Waals surface area contributed by atoms with E-state index in [1.165, 1.54) is 12.7 Å². The second-order valence-corrected chi connectivity index (χ2v) is 7.22. The second kappa shape index (κ2) is 7.93. The molecule has 1 aliphatic heterocycles. The molecule has 0 bridgehead atoms. The van der Waals surface area contributed by atoms with E-state index in [1.807, 2.05) is 31.2 Å². The fourth-order valence-corrected chi connectivity index (χ4v) is 3.57. The monoisotopic (exact) mass is 397 g/mol. The van der Waals surface area contributed by atoms with Crippen LogP contribution in [0.3, 0.4) is 0 Å². The zero-order valence-corrected chi connectivity index (χ0v) is 16.2. The van der Waals surface area contributed by atoms with Gasteiger partial charge in [-0.25, -0.2) is 19.6 Å². The Bertz CT molecular complexity index is 968. The predicted octanol–water partition coefficient (Wildman–Crippen LogP) is 2.87. The van der Waals surface area contributed by atoms with Gasteiger partial charge in [-0.15, -0.1) is 0 Å². The van der Waals surface area contributed by atoms with Crippen molar-refractivity contribution in [3.05, 3.63) is 53.8 Å². The molecule has 0 unspecified atom stereocenters. The second-order valence-electron chi connectivity index (χ2n) is 6.81. The van der Waals surface area contributed by atoms with Gasteiger partial charge in [0.05, 0.1) is 10.7 Å². The lowest BCUT2D eigenvalue weighted by atomic mass is 9.95. The Morgan fingerprint density at radius 3 is 2.64 bits per heavy atom. The average molecular weight is 398 g/mol. The van der Waals surface area contributed by atoms with Crippen LogP contribution in [0.15, 0.2) is 43.2 Å². The topological polar surface area (TPSA) is 88.8 Å². The summed E-state index contributed by atoms with van der Waals surface area (Å²) in [6.45, 7) is 3.45. The highest BCUT2D eigenvalue weighted by atomic mass is 35.5. The zero-order valence-electron chi connectivity index (χ0n) is 15.4. The SMILES string of the molecule is Cc1ccc(NC(=O)C2CCN(c3cc(-n4cncn4)ncn3)CC2)c(Cl)c1. The van der Waals surface area contributed by atoms with Crippen LogP contribution < -0.4 is 10.2 Å². The first-order valence-electron chi connectivity index (χ1n) is 9.09. The smallest absolute Gasteiger partial charge is 0.227 e. The van der Waals surface area contributed by atoms with Gasteiger partial charge in [0, 0.05) is 25.1 Å². The number of nitrogens with one attached hydrogen (secondary N) is 1. The van der Waals surface area contributed by atoms with E-state index in [1.54, 1.807) is 11.0 Å². The van der Waals surface area contributed by atoms with Crippen molar-refractivity contribution in [3.63, 3.8) is 0 Å². The van der Waals surface area contributed by atoms with Gasteiger partial charge in [-0.2, -0.15) is 5.10 Å². The van der Waals surface area contributed by atoms with E-state index >= 15 is 0 Å². The molecule has 0 spiro atoms. The number of rotatable bonds is 4. The lowest BCUT2D eigenvalue weighted by Gasteiger charge is -2.32. The molecule has 3 heterocycles. The molecule has 8 nitrogen and oxygen atoms in total. The maximum atomic E-state index is 12.6. The summed E-state index contributed by atoms with van der Waals surface area (Å²) in [5.74, 6) is 1.44. The van der Waals surface area contributed by atoms with Crippen LogP contribution in [-0.4, -0.2) is 43.7 Å². The fourth-order valence-electron chi connectivity index (χ4n) is 3.29. The van der Waals surface area contributed by atoms with Gasteiger partial charge < -0.3 is 10.2 Å². The van der Waals surface area contributed by atoms with Crippen molar-refractivity contribution >= 4 is 29.0 Å². The molecule has 3 aromatic rings. The van der Waals surface area contributed by atoms with E-state index in [4.69, 9.17) is 11.6 Å². The normalized spacial score (nSPS) is 14.9. The van der Waals surface area contributed by atoms with Crippen LogP contribution in [0.25, 0.3) is 5.82 Å². The van der Waals surface area contributed by atoms with Gasteiger partial charge in [0.1, 0.15) is 24.8 Å². The van der Waals surface area contributed by atoms with E-state index in [0.717, 1.165) is 37.3 Å². The molecular weight excluding hydrogens is 378 g/mol. The summed E-state index contributed by atoms with van der Waals surface area (Å²) in [6, 6.07) is 7.51. The minimum Gasteiger partial charge on any atom is -0.356 e. The van der Waals surface area contributed by atoms with Crippen LogP contribution in [-0.2, 0) is 4.79 Å². The van der Waals surface area contributed by atoms with Gasteiger partial charge >= 0.3 is 0 Å². The number of carbonyl (C=O) groups excluding carboxylic acids is 1. The number of amides is 1. The van der Waals surface area contributed by atoms with E-state index in [9.17, 15) is 4.79 Å². The number of anilines is 2. The van der Waals surface area contributed by atoms with Gasteiger partial charge in [0.15, 0.2) is 5.82 Å². The number of hydrogen-bond acceptors (Lipinski definition) is 6. The molecule has 0 atom stereocenters. The molecule has 28 heavy (non-hydrogen) atoms. The number of benzene rings is 1. The van der Waals surface area contributed by atoms with E-state index in [-0.39, 0.29) is 11.8 Å². The number of aryl methyl sites for hydroxylation is 1. The molecule has 144 valence electrons. The number of piperidine rings is 1. The van der Waals surface area contributed by atoms with Crippen molar-refractivity contribution in [2.45, 2.75) is 19.8 Å². The van der Waals surface area contributed by atoms with Gasteiger partial charge in [-0.3, -0.25) is 4.79 Å². The van der Waals surface area contributed by atoms with Crippen molar-refractivity contribution in [2.75, 3.05) is 23.3 Å². The standard InChI is InChI=1S/C19H20ClN7O/c1-13-2-3-16(15(20)8-13)25-19(28)14-4-6-26(7-5-14)17-9-18(23-11-22-17)27-12-21-10-24-27/h2-3,8-12,14H,4-7H2,1H3,(H,25,28). The first-order chi connectivity index (χ1) is 13.6. The zero-order chi connectivity index (χ0) is 19.5. The molecule has 0 radical (unpaired) electrons. The molecule has 2 aromatic heterocycles. The molecular formula is C19H20ClN7O. The third-order valence-corrected chi connectivity index (χ3v) is 5.18. The fraction of sp³-hybridized carbons (Fsp3) is 0.316. The van der Waals surface area contributed by atoms with Gasteiger partial charge in [0.2, 0.25) is 5.91 Å². The molecule has 0 saturated carbocycles. The molecule has 0 aliphatic carbocycles. The highest BCUT2D eigenvalue weighted by Gasteiger charge is 2.26. The van der Waals surface area contributed by atoms with Crippen molar-refractivity contribution < 1.29 is 4.79 Å². The van der Waals surface area contributed by atoms with E-state index in [0.29, 0.717) is 16.5 Å². The van der Waals surface area contributed by atoms with Crippen LogP contribution in [0.1, 0.15) is 18.4 Å². The van der Waals surface area contributed by atoms with E-state index < -0.39 is 0 Å². The van der Waals surface area contributed by atoms with Crippen LogP contribution in [0.4, 0.5) is 11.5 Å². The van der Waals surface area contributed by atoms with Gasteiger partial charge in [-0.05, 0) is 37.5 Å². The first kappa shape index (κ1) is 18.4. The molecule has 1 N–H and O–H groups in total. The maximum absolute atomic E-state index is 12.6. The van der Waals surface area contributed by atoms with Crippen molar-refractivity contribution in [3.8, 4) is 5.82 Å². The number of hydrogen-bond donors (Lipinski definition) is 1. The average Bonchev–Trinajstić information content (AvgIpc) is 3.25. The Labute approximate surface area is 167 Å². The third-order valence-electron chi connectivity index (χ3n) is 4.86. The van der Waals surface area contributed by atoms with Crippen molar-refractivity contribution in [1.82, 2.24) is 24.7 Å². The minimum absolute atomic E-state index is 0.0106. The van der Waals surface area contributed by atoms with Crippen molar-refractivity contribution in [2.24, 2.45) is 5.92 Å². The molecule has 1 saturated heterocycles. The van der Waals surface area contributed by atoms with Crippen LogP contribution >= 0.6 is 11.6 Å². The van der Waals surface area contributed by atoms with Gasteiger partial charge in [-0.1, -0.05) is 17.7 Å². The number of carbonyl (C=O) groups is 1.